The third kappa shape index (κ3) is 4.24. The fourth-order valence-corrected chi connectivity index (χ4v) is 7.66. The molecule has 2 unspecified atom stereocenters. The number of nitrogens with zero attached hydrogens (tertiary/aromatic N) is 1. The molecule has 210 valence electrons. The van der Waals surface area contributed by atoms with Crippen LogP contribution in [0.25, 0.3) is 11.3 Å². The fourth-order valence-electron chi connectivity index (χ4n) is 7.66. The van der Waals surface area contributed by atoms with Crippen LogP contribution in [-0.2, 0) is 19.1 Å². The molecule has 2 aliphatic carbocycles. The summed E-state index contributed by atoms with van der Waals surface area (Å²) in [5, 5.41) is 23.1. The van der Waals surface area contributed by atoms with Crippen LogP contribution in [0.2, 0.25) is 0 Å². The average Bonchev–Trinajstić information content (AvgIpc) is 2.86. The van der Waals surface area contributed by atoms with Gasteiger partial charge in [0, 0.05) is 49.2 Å². The first-order valence-corrected chi connectivity index (χ1v) is 13.3. The van der Waals surface area contributed by atoms with E-state index in [0.29, 0.717) is 24.8 Å². The Morgan fingerprint density at radius 3 is 2.56 bits per heavy atom. The second kappa shape index (κ2) is 9.45. The number of pyridine rings is 1. The predicted molar refractivity (Wildman–Crippen MR) is 137 cm³/mol. The molecule has 5 rings (SSSR count). The van der Waals surface area contributed by atoms with Gasteiger partial charge in [-0.15, -0.1) is 0 Å². The lowest BCUT2D eigenvalue weighted by molar-refractivity contribution is -0.269. The second-order valence-electron chi connectivity index (χ2n) is 11.9. The summed E-state index contributed by atoms with van der Waals surface area (Å²) in [4.78, 5) is 41.4. The largest absolute Gasteiger partial charge is 0.482 e. The molecular weight excluding hydrogens is 506 g/mol. The molecule has 2 fully saturated rings. The molecule has 39 heavy (non-hydrogen) atoms. The quantitative estimate of drug-likeness (QED) is 0.554. The van der Waals surface area contributed by atoms with E-state index in [1.165, 1.54) is 13.8 Å². The summed E-state index contributed by atoms with van der Waals surface area (Å²) in [5.41, 5.74) is -2.96. The average molecular weight is 542 g/mol. The topological polar surface area (TPSA) is 145 Å². The zero-order chi connectivity index (χ0) is 28.3. The van der Waals surface area contributed by atoms with Crippen LogP contribution in [0.1, 0.15) is 65.5 Å². The molecule has 3 heterocycles. The Hall–Kier alpha value is -3.24. The highest BCUT2D eigenvalue weighted by Gasteiger charge is 2.70. The first kappa shape index (κ1) is 27.3. The third-order valence-corrected chi connectivity index (χ3v) is 9.46. The first-order valence-electron chi connectivity index (χ1n) is 13.3. The van der Waals surface area contributed by atoms with Gasteiger partial charge in [-0.25, -0.2) is 4.79 Å². The summed E-state index contributed by atoms with van der Waals surface area (Å²) < 4.78 is 23.5. The number of esters is 2. The van der Waals surface area contributed by atoms with E-state index in [2.05, 4.69) is 4.98 Å². The van der Waals surface area contributed by atoms with Crippen LogP contribution in [0.4, 0.5) is 0 Å². The molecule has 2 aromatic heterocycles. The number of aliphatic hydroxyl groups is 2. The van der Waals surface area contributed by atoms with Crippen molar-refractivity contribution in [2.24, 2.45) is 22.7 Å². The molecule has 2 aromatic rings. The number of rotatable bonds is 4. The van der Waals surface area contributed by atoms with Crippen molar-refractivity contribution in [1.29, 1.82) is 0 Å². The van der Waals surface area contributed by atoms with Crippen molar-refractivity contribution >= 4 is 11.9 Å². The number of fused-ring (bicyclic) bond motifs is 4. The van der Waals surface area contributed by atoms with E-state index in [1.807, 2.05) is 13.8 Å². The van der Waals surface area contributed by atoms with Crippen LogP contribution < -0.4 is 10.4 Å². The summed E-state index contributed by atoms with van der Waals surface area (Å²) >= 11 is 0. The smallest absolute Gasteiger partial charge is 0.345 e. The molecule has 10 nitrogen and oxygen atoms in total. The van der Waals surface area contributed by atoms with Crippen molar-refractivity contribution in [2.75, 3.05) is 6.61 Å². The van der Waals surface area contributed by atoms with Gasteiger partial charge in [-0.3, -0.25) is 14.6 Å². The van der Waals surface area contributed by atoms with Crippen molar-refractivity contribution in [3.63, 3.8) is 0 Å². The molecule has 3 aliphatic rings. The van der Waals surface area contributed by atoms with Gasteiger partial charge < -0.3 is 28.8 Å². The summed E-state index contributed by atoms with van der Waals surface area (Å²) in [7, 11) is 0. The van der Waals surface area contributed by atoms with Gasteiger partial charge in [-0.1, -0.05) is 13.8 Å². The van der Waals surface area contributed by atoms with E-state index < -0.39 is 58.2 Å². The number of carbonyl (C=O) groups excluding carboxylic acids is 2. The molecule has 2 N–H and O–H groups in total. The van der Waals surface area contributed by atoms with Gasteiger partial charge in [-0.2, -0.15) is 0 Å². The Morgan fingerprint density at radius 1 is 1.18 bits per heavy atom. The highest BCUT2D eigenvalue weighted by Crippen LogP contribution is 2.67. The van der Waals surface area contributed by atoms with E-state index in [0.717, 1.165) is 0 Å². The fraction of sp³-hybridized carbons (Fsp3) is 0.586. The maximum Gasteiger partial charge on any atom is 0.345 e. The van der Waals surface area contributed by atoms with Gasteiger partial charge in [0.15, 0.2) is 0 Å². The van der Waals surface area contributed by atoms with Crippen LogP contribution in [0.5, 0.6) is 5.75 Å². The molecule has 8 atom stereocenters. The normalized spacial score (nSPS) is 36.9. The van der Waals surface area contributed by atoms with Crippen LogP contribution in [-0.4, -0.2) is 51.6 Å². The third-order valence-electron chi connectivity index (χ3n) is 9.46. The Morgan fingerprint density at radius 2 is 1.92 bits per heavy atom. The van der Waals surface area contributed by atoms with E-state index in [-0.39, 0.29) is 29.6 Å². The van der Waals surface area contributed by atoms with Gasteiger partial charge in [0.05, 0.1) is 18.8 Å². The van der Waals surface area contributed by atoms with E-state index in [1.54, 1.807) is 37.5 Å². The number of ether oxygens (including phenoxy) is 3. The minimum atomic E-state index is -1.31. The minimum absolute atomic E-state index is 0.00127. The molecule has 10 heteroatoms. The molecule has 1 aliphatic heterocycles. The molecule has 2 saturated carbocycles. The van der Waals surface area contributed by atoms with Crippen molar-refractivity contribution in [3.8, 4) is 17.1 Å². The van der Waals surface area contributed by atoms with Crippen LogP contribution >= 0.6 is 0 Å². The maximum absolute atomic E-state index is 13.3. The lowest BCUT2D eigenvalue weighted by Crippen LogP contribution is -2.71. The first-order chi connectivity index (χ1) is 18.3. The molecule has 0 saturated heterocycles. The van der Waals surface area contributed by atoms with Crippen LogP contribution in [0.3, 0.4) is 0 Å². The van der Waals surface area contributed by atoms with Crippen molar-refractivity contribution < 1.29 is 38.4 Å². The maximum atomic E-state index is 13.3. The summed E-state index contributed by atoms with van der Waals surface area (Å²) in [6, 6.07) is 5.02. The number of aromatic nitrogens is 1. The minimum Gasteiger partial charge on any atom is -0.482 e. The predicted octanol–water partition coefficient (Wildman–Crippen LogP) is 3.18. The molecule has 0 aromatic carbocycles. The van der Waals surface area contributed by atoms with Gasteiger partial charge in [0.2, 0.25) is 0 Å². The Labute approximate surface area is 226 Å². The zero-order valence-electron chi connectivity index (χ0n) is 22.8. The molecule has 0 bridgehead atoms. The second-order valence-corrected chi connectivity index (χ2v) is 11.9. The molecule has 0 spiro atoms. The number of hydrogen-bond donors (Lipinski definition) is 2. The van der Waals surface area contributed by atoms with Crippen molar-refractivity contribution in [3.05, 3.63) is 46.6 Å². The number of hydrogen-bond acceptors (Lipinski definition) is 10. The number of aliphatic hydroxyl groups excluding tert-OH is 2. The molecule has 0 radical (unpaired) electrons. The molecular formula is C29H35NO9. The van der Waals surface area contributed by atoms with Crippen molar-refractivity contribution in [2.45, 2.75) is 77.8 Å². The van der Waals surface area contributed by atoms with E-state index >= 15 is 0 Å². The summed E-state index contributed by atoms with van der Waals surface area (Å²) in [6.45, 7) is 8.24. The Balaban J connectivity index is 1.66. The highest BCUT2D eigenvalue weighted by molar-refractivity contribution is 5.66. The van der Waals surface area contributed by atoms with Gasteiger partial charge in [0.1, 0.15) is 28.8 Å². The summed E-state index contributed by atoms with van der Waals surface area (Å²) in [5.74, 6) is -1.65. The lowest BCUT2D eigenvalue weighted by atomic mass is 9.42. The monoisotopic (exact) mass is 541 g/mol. The Bertz CT molecular complexity index is 1340. The van der Waals surface area contributed by atoms with Gasteiger partial charge in [-0.05, 0) is 49.7 Å². The summed E-state index contributed by atoms with van der Waals surface area (Å²) in [6.07, 6.45) is 1.44. The molecule has 0 amide bonds. The number of carbonyl (C=O) groups is 2. The zero-order valence-corrected chi connectivity index (χ0v) is 22.8. The standard InChI is InChI=1S/C29H35NO9/c1-15(31)36-14-28(4)20-12-22(37-16(2)32)29(5)25(27(20,3)9-8-21(28)33)24(34)23-19(39-29)11-18(38-26(23)35)17-7-6-10-30-13-17/h6-7,10-11,13,20-22,24-25,33-34H,8-9,12,14H2,1-5H3/t20?,21-,22-,24-,25?,27-,28-,29+/m0/s1. The SMILES string of the molecule is CC(=O)OC[C@@]1(C)C2C[C@H](OC(C)=O)[C@@]3(C)Oc4cc(-c5cccnc5)oc(=O)c4[C@H](O)C3[C@@]2(C)CC[C@@H]1O. The Kier molecular flexibility index (Phi) is 6.62. The lowest BCUT2D eigenvalue weighted by Gasteiger charge is -2.66. The van der Waals surface area contributed by atoms with Gasteiger partial charge in [0.25, 0.3) is 0 Å². The van der Waals surface area contributed by atoms with Crippen LogP contribution in [0.15, 0.2) is 39.8 Å². The highest BCUT2D eigenvalue weighted by atomic mass is 16.6. The van der Waals surface area contributed by atoms with Crippen molar-refractivity contribution in [1.82, 2.24) is 4.98 Å². The van der Waals surface area contributed by atoms with Crippen LogP contribution in [0, 0.1) is 22.7 Å². The van der Waals surface area contributed by atoms with E-state index in [9.17, 15) is 24.6 Å². The van der Waals surface area contributed by atoms with Gasteiger partial charge >= 0.3 is 17.6 Å². The van der Waals surface area contributed by atoms with E-state index in [4.69, 9.17) is 18.6 Å².